The molecule has 0 amide bonds. The summed E-state index contributed by atoms with van der Waals surface area (Å²) >= 11 is 1.91. The Hall–Kier alpha value is -0.420. The summed E-state index contributed by atoms with van der Waals surface area (Å²) < 4.78 is 0. The zero-order valence-electron chi connectivity index (χ0n) is 14.0. The standard InChI is InChI=1S/C17H31N3S/c1-5-15(18)17(16-7-6-13(2)21-16)20-10-8-14(9-11-20)12-19(3)4/h6-7,14-15,17H,5,8-12,18H2,1-4H3. The third-order valence-electron chi connectivity index (χ3n) is 4.60. The van der Waals surface area contributed by atoms with Crippen molar-refractivity contribution in [2.75, 3.05) is 33.7 Å². The van der Waals surface area contributed by atoms with Crippen LogP contribution in [0.25, 0.3) is 0 Å². The molecule has 120 valence electrons. The Morgan fingerprint density at radius 3 is 2.48 bits per heavy atom. The molecule has 21 heavy (non-hydrogen) atoms. The van der Waals surface area contributed by atoms with Crippen LogP contribution in [0.15, 0.2) is 12.1 Å². The molecule has 0 aromatic carbocycles. The summed E-state index contributed by atoms with van der Waals surface area (Å²) in [6.07, 6.45) is 3.64. The van der Waals surface area contributed by atoms with Crippen LogP contribution in [0.5, 0.6) is 0 Å². The third kappa shape index (κ3) is 4.52. The average Bonchev–Trinajstić information content (AvgIpc) is 2.86. The predicted molar refractivity (Wildman–Crippen MR) is 92.9 cm³/mol. The molecule has 1 aliphatic rings. The summed E-state index contributed by atoms with van der Waals surface area (Å²) in [6, 6.07) is 5.17. The zero-order chi connectivity index (χ0) is 15.4. The van der Waals surface area contributed by atoms with Gasteiger partial charge in [-0.25, -0.2) is 0 Å². The summed E-state index contributed by atoms with van der Waals surface area (Å²) in [4.78, 5) is 7.79. The van der Waals surface area contributed by atoms with Gasteiger partial charge in [-0.15, -0.1) is 11.3 Å². The number of piperidine rings is 1. The number of hydrogen-bond acceptors (Lipinski definition) is 4. The van der Waals surface area contributed by atoms with E-state index in [1.807, 2.05) is 11.3 Å². The zero-order valence-corrected chi connectivity index (χ0v) is 14.8. The monoisotopic (exact) mass is 309 g/mol. The SMILES string of the molecule is CCC(N)C(c1ccc(C)s1)N1CCC(CN(C)C)CC1. The molecule has 1 fully saturated rings. The molecule has 2 rings (SSSR count). The van der Waals surface area contributed by atoms with Gasteiger partial charge in [0.25, 0.3) is 0 Å². The number of aryl methyl sites for hydroxylation is 1. The summed E-state index contributed by atoms with van der Waals surface area (Å²) in [6.45, 7) is 7.99. The molecular weight excluding hydrogens is 278 g/mol. The van der Waals surface area contributed by atoms with Gasteiger partial charge in [-0.1, -0.05) is 6.92 Å². The van der Waals surface area contributed by atoms with E-state index in [0.29, 0.717) is 6.04 Å². The highest BCUT2D eigenvalue weighted by Crippen LogP contribution is 2.33. The number of hydrogen-bond donors (Lipinski definition) is 1. The van der Waals surface area contributed by atoms with Crippen molar-refractivity contribution in [1.29, 1.82) is 0 Å². The van der Waals surface area contributed by atoms with Gasteiger partial charge in [0, 0.05) is 22.3 Å². The van der Waals surface area contributed by atoms with E-state index in [2.05, 4.69) is 49.9 Å². The molecule has 2 atom stereocenters. The van der Waals surface area contributed by atoms with Gasteiger partial charge >= 0.3 is 0 Å². The summed E-state index contributed by atoms with van der Waals surface area (Å²) in [5, 5.41) is 0. The first-order valence-corrected chi connectivity index (χ1v) is 9.03. The lowest BCUT2D eigenvalue weighted by molar-refractivity contribution is 0.106. The van der Waals surface area contributed by atoms with Crippen molar-refractivity contribution in [3.63, 3.8) is 0 Å². The number of likely N-dealkylation sites (tertiary alicyclic amines) is 1. The Morgan fingerprint density at radius 1 is 1.33 bits per heavy atom. The van der Waals surface area contributed by atoms with E-state index in [1.165, 1.54) is 42.2 Å². The second-order valence-electron chi connectivity index (χ2n) is 6.71. The molecule has 2 N–H and O–H groups in total. The van der Waals surface area contributed by atoms with Crippen LogP contribution in [0.3, 0.4) is 0 Å². The minimum absolute atomic E-state index is 0.244. The van der Waals surface area contributed by atoms with Crippen molar-refractivity contribution in [2.45, 2.75) is 45.2 Å². The molecule has 0 radical (unpaired) electrons. The Bertz CT molecular complexity index is 421. The molecule has 0 bridgehead atoms. The summed E-state index contributed by atoms with van der Waals surface area (Å²) in [5.74, 6) is 0.847. The second-order valence-corrected chi connectivity index (χ2v) is 8.03. The van der Waals surface area contributed by atoms with Gasteiger partial charge in [0.1, 0.15) is 0 Å². The van der Waals surface area contributed by atoms with Gasteiger partial charge in [0.2, 0.25) is 0 Å². The molecule has 0 aliphatic carbocycles. The van der Waals surface area contributed by atoms with Crippen LogP contribution in [0.2, 0.25) is 0 Å². The van der Waals surface area contributed by atoms with Crippen LogP contribution in [-0.2, 0) is 0 Å². The lowest BCUT2D eigenvalue weighted by Gasteiger charge is -2.40. The molecule has 4 heteroatoms. The van der Waals surface area contributed by atoms with Gasteiger partial charge in [0.05, 0.1) is 6.04 Å². The Labute approximate surface area is 134 Å². The molecule has 2 unspecified atom stereocenters. The fourth-order valence-corrected chi connectivity index (χ4v) is 4.52. The third-order valence-corrected chi connectivity index (χ3v) is 5.67. The number of thiophene rings is 1. The van der Waals surface area contributed by atoms with Crippen molar-refractivity contribution in [3.8, 4) is 0 Å². The number of nitrogens with two attached hydrogens (primary N) is 1. The molecular formula is C17H31N3S. The molecule has 2 heterocycles. The van der Waals surface area contributed by atoms with Crippen molar-refractivity contribution < 1.29 is 0 Å². The largest absolute Gasteiger partial charge is 0.326 e. The van der Waals surface area contributed by atoms with E-state index >= 15 is 0 Å². The molecule has 1 aromatic heterocycles. The quantitative estimate of drug-likeness (QED) is 0.876. The molecule has 0 spiro atoms. The Kier molecular flexibility index (Phi) is 6.23. The molecule has 1 aromatic rings. The van der Waals surface area contributed by atoms with Crippen LogP contribution >= 0.6 is 11.3 Å². The van der Waals surface area contributed by atoms with Crippen molar-refractivity contribution in [1.82, 2.24) is 9.80 Å². The normalized spacial score (nSPS) is 20.9. The fraction of sp³-hybridized carbons (Fsp3) is 0.765. The minimum atomic E-state index is 0.244. The van der Waals surface area contributed by atoms with E-state index in [4.69, 9.17) is 5.73 Å². The van der Waals surface area contributed by atoms with Crippen LogP contribution < -0.4 is 5.73 Å². The average molecular weight is 310 g/mol. The van der Waals surface area contributed by atoms with Gasteiger partial charge in [-0.05, 0) is 71.4 Å². The predicted octanol–water partition coefficient (Wildman–Crippen LogP) is 3.11. The first-order chi connectivity index (χ1) is 10.0. The van der Waals surface area contributed by atoms with E-state index in [0.717, 1.165) is 12.3 Å². The Balaban J connectivity index is 2.02. The minimum Gasteiger partial charge on any atom is -0.326 e. The van der Waals surface area contributed by atoms with E-state index in [9.17, 15) is 0 Å². The highest BCUT2D eigenvalue weighted by Gasteiger charge is 2.30. The van der Waals surface area contributed by atoms with Gasteiger partial charge in [-0.2, -0.15) is 0 Å². The molecule has 3 nitrogen and oxygen atoms in total. The highest BCUT2D eigenvalue weighted by molar-refractivity contribution is 7.12. The Morgan fingerprint density at radius 2 is 2.00 bits per heavy atom. The molecule has 0 saturated carbocycles. The summed E-state index contributed by atoms with van der Waals surface area (Å²) in [7, 11) is 4.35. The van der Waals surface area contributed by atoms with Crippen molar-refractivity contribution >= 4 is 11.3 Å². The van der Waals surface area contributed by atoms with Crippen molar-refractivity contribution in [3.05, 3.63) is 21.9 Å². The first-order valence-electron chi connectivity index (χ1n) is 8.22. The maximum Gasteiger partial charge on any atom is 0.0593 e. The second kappa shape index (κ2) is 7.73. The van der Waals surface area contributed by atoms with Crippen LogP contribution in [0, 0.1) is 12.8 Å². The van der Waals surface area contributed by atoms with E-state index < -0.39 is 0 Å². The lowest BCUT2D eigenvalue weighted by Crippen LogP contribution is -2.45. The number of rotatable bonds is 6. The maximum atomic E-state index is 6.46. The van der Waals surface area contributed by atoms with Crippen LogP contribution in [0.1, 0.15) is 42.0 Å². The van der Waals surface area contributed by atoms with E-state index in [1.54, 1.807) is 0 Å². The van der Waals surface area contributed by atoms with E-state index in [-0.39, 0.29) is 6.04 Å². The lowest BCUT2D eigenvalue weighted by atomic mass is 9.93. The van der Waals surface area contributed by atoms with Crippen molar-refractivity contribution in [2.24, 2.45) is 11.7 Å². The van der Waals surface area contributed by atoms with Crippen LogP contribution in [-0.4, -0.2) is 49.6 Å². The maximum absolute atomic E-state index is 6.46. The smallest absolute Gasteiger partial charge is 0.0593 e. The first kappa shape index (κ1) is 16.9. The van der Waals surface area contributed by atoms with Gasteiger partial charge < -0.3 is 10.6 Å². The fourth-order valence-electron chi connectivity index (χ4n) is 3.43. The molecule has 1 aliphatic heterocycles. The number of nitrogens with zero attached hydrogens (tertiary/aromatic N) is 2. The van der Waals surface area contributed by atoms with Crippen LogP contribution in [0.4, 0.5) is 0 Å². The van der Waals surface area contributed by atoms with Gasteiger partial charge in [-0.3, -0.25) is 4.90 Å². The topological polar surface area (TPSA) is 32.5 Å². The summed E-state index contributed by atoms with van der Waals surface area (Å²) in [5.41, 5.74) is 6.46. The molecule has 1 saturated heterocycles. The highest BCUT2D eigenvalue weighted by atomic mass is 32.1. The van der Waals surface area contributed by atoms with Gasteiger partial charge in [0.15, 0.2) is 0 Å².